The lowest BCUT2D eigenvalue weighted by molar-refractivity contribution is -0.385. The Hall–Kier alpha value is -2.51. The maximum Gasteiger partial charge on any atom is 0.407 e. The molecule has 0 radical (unpaired) electrons. The fourth-order valence-corrected chi connectivity index (χ4v) is 1.64. The van der Waals surface area contributed by atoms with E-state index in [-0.39, 0.29) is 23.9 Å². The van der Waals surface area contributed by atoms with E-state index in [1.807, 2.05) is 0 Å². The summed E-state index contributed by atoms with van der Waals surface area (Å²) in [6.45, 7) is 7.03. The van der Waals surface area contributed by atoms with E-state index in [9.17, 15) is 14.9 Å². The minimum absolute atomic E-state index is 0.128. The zero-order chi connectivity index (χ0) is 16.9. The van der Waals surface area contributed by atoms with E-state index in [1.165, 1.54) is 12.1 Å². The summed E-state index contributed by atoms with van der Waals surface area (Å²) in [5.74, 6) is 0. The maximum atomic E-state index is 11.6. The van der Waals surface area contributed by atoms with Gasteiger partial charge in [-0.05, 0) is 33.8 Å². The number of aromatic nitrogens is 1. The van der Waals surface area contributed by atoms with Gasteiger partial charge in [-0.15, -0.1) is 0 Å². The van der Waals surface area contributed by atoms with Crippen LogP contribution in [0.15, 0.2) is 18.3 Å². The highest BCUT2D eigenvalue weighted by Gasteiger charge is 2.19. The Morgan fingerprint density at radius 3 is 2.59 bits per heavy atom. The van der Waals surface area contributed by atoms with Crippen molar-refractivity contribution in [2.45, 2.75) is 45.8 Å². The quantitative estimate of drug-likeness (QED) is 0.492. The molecule has 8 heteroatoms. The first-order valence-electron chi connectivity index (χ1n) is 6.76. The van der Waals surface area contributed by atoms with Crippen LogP contribution in [0.3, 0.4) is 0 Å². The number of carbonyl (C=O) groups excluding carboxylic acids is 1. The minimum atomic E-state index is -0.586. The third kappa shape index (κ3) is 5.86. The second kappa shape index (κ2) is 6.97. The molecule has 1 aromatic rings. The van der Waals surface area contributed by atoms with Crippen LogP contribution in [-0.2, 0) is 4.74 Å². The first kappa shape index (κ1) is 17.5. The SMILES string of the molecule is CC(CC(=N)c1ccc([N+](=O)[O-])cn1)NC(=O)OC(C)(C)C. The summed E-state index contributed by atoms with van der Waals surface area (Å²) in [7, 11) is 0. The van der Waals surface area contributed by atoms with Gasteiger partial charge < -0.3 is 15.5 Å². The van der Waals surface area contributed by atoms with E-state index < -0.39 is 16.6 Å². The molecule has 0 fully saturated rings. The summed E-state index contributed by atoms with van der Waals surface area (Å²) in [5.41, 5.74) is -0.199. The van der Waals surface area contributed by atoms with Crippen molar-refractivity contribution >= 4 is 17.5 Å². The van der Waals surface area contributed by atoms with Crippen molar-refractivity contribution in [3.8, 4) is 0 Å². The molecule has 0 saturated carbocycles. The van der Waals surface area contributed by atoms with Crippen molar-refractivity contribution < 1.29 is 14.5 Å². The lowest BCUT2D eigenvalue weighted by Crippen LogP contribution is -2.38. The maximum absolute atomic E-state index is 11.6. The van der Waals surface area contributed by atoms with Crippen LogP contribution in [0, 0.1) is 15.5 Å². The Kier molecular flexibility index (Phi) is 5.56. The second-order valence-corrected chi connectivity index (χ2v) is 5.89. The Labute approximate surface area is 128 Å². The number of hydrogen-bond acceptors (Lipinski definition) is 6. The third-order valence-electron chi connectivity index (χ3n) is 2.54. The van der Waals surface area contributed by atoms with Crippen molar-refractivity contribution in [3.05, 3.63) is 34.1 Å². The number of nitro groups is 1. The Morgan fingerprint density at radius 2 is 2.14 bits per heavy atom. The summed E-state index contributed by atoms with van der Waals surface area (Å²) in [6.07, 6.45) is 0.796. The molecule has 0 aliphatic rings. The molecule has 8 nitrogen and oxygen atoms in total. The van der Waals surface area contributed by atoms with Gasteiger partial charge in [-0.25, -0.2) is 9.78 Å². The topological polar surface area (TPSA) is 118 Å². The number of ether oxygens (including phenoxy) is 1. The molecule has 0 aromatic carbocycles. The molecule has 1 heterocycles. The minimum Gasteiger partial charge on any atom is -0.444 e. The predicted molar refractivity (Wildman–Crippen MR) is 81.2 cm³/mol. The number of rotatable bonds is 5. The van der Waals surface area contributed by atoms with Gasteiger partial charge in [0.2, 0.25) is 0 Å². The van der Waals surface area contributed by atoms with Crippen LogP contribution < -0.4 is 5.32 Å². The molecule has 2 N–H and O–H groups in total. The van der Waals surface area contributed by atoms with Gasteiger partial charge in [-0.2, -0.15) is 0 Å². The van der Waals surface area contributed by atoms with E-state index in [1.54, 1.807) is 27.7 Å². The van der Waals surface area contributed by atoms with Crippen LogP contribution in [0.25, 0.3) is 0 Å². The fourth-order valence-electron chi connectivity index (χ4n) is 1.64. The van der Waals surface area contributed by atoms with Crippen LogP contribution in [-0.4, -0.2) is 33.4 Å². The average Bonchev–Trinajstić information content (AvgIpc) is 2.35. The third-order valence-corrected chi connectivity index (χ3v) is 2.54. The van der Waals surface area contributed by atoms with Crippen LogP contribution in [0.4, 0.5) is 10.5 Å². The van der Waals surface area contributed by atoms with Crippen molar-refractivity contribution in [3.63, 3.8) is 0 Å². The smallest absolute Gasteiger partial charge is 0.407 e. The van der Waals surface area contributed by atoms with Crippen molar-refractivity contribution in [1.29, 1.82) is 5.41 Å². The summed E-state index contributed by atoms with van der Waals surface area (Å²) >= 11 is 0. The van der Waals surface area contributed by atoms with Crippen LogP contribution in [0.1, 0.15) is 39.8 Å². The molecular formula is C14H20N4O4. The van der Waals surface area contributed by atoms with Gasteiger partial charge in [0.15, 0.2) is 0 Å². The summed E-state index contributed by atoms with van der Waals surface area (Å²) < 4.78 is 5.13. The van der Waals surface area contributed by atoms with Gasteiger partial charge in [-0.3, -0.25) is 10.1 Å². The molecule has 0 aliphatic heterocycles. The Bertz CT molecular complexity index is 563. The zero-order valence-corrected chi connectivity index (χ0v) is 13.0. The van der Waals surface area contributed by atoms with Crippen LogP contribution >= 0.6 is 0 Å². The van der Waals surface area contributed by atoms with E-state index in [2.05, 4.69) is 10.3 Å². The van der Waals surface area contributed by atoms with Crippen LogP contribution in [0.5, 0.6) is 0 Å². The van der Waals surface area contributed by atoms with E-state index in [4.69, 9.17) is 10.1 Å². The largest absolute Gasteiger partial charge is 0.444 e. The number of nitrogens with one attached hydrogen (secondary N) is 2. The highest BCUT2D eigenvalue weighted by molar-refractivity contribution is 5.97. The van der Waals surface area contributed by atoms with Gasteiger partial charge in [0.25, 0.3) is 5.69 Å². The molecule has 120 valence electrons. The molecule has 0 spiro atoms. The standard InChI is InChI=1S/C14H20N4O4/c1-9(17-13(19)22-14(2,3)4)7-11(15)12-6-5-10(8-16-12)18(20)21/h5-6,8-9,15H,7H2,1-4H3,(H,17,19). The molecule has 0 bridgehead atoms. The molecular weight excluding hydrogens is 288 g/mol. The van der Waals surface area contributed by atoms with Gasteiger partial charge in [0.1, 0.15) is 11.8 Å². The number of amides is 1. The number of nitrogens with zero attached hydrogens (tertiary/aromatic N) is 2. The molecule has 22 heavy (non-hydrogen) atoms. The van der Waals surface area contributed by atoms with Crippen molar-refractivity contribution in [2.24, 2.45) is 0 Å². The van der Waals surface area contributed by atoms with E-state index in [0.29, 0.717) is 5.69 Å². The first-order chi connectivity index (χ1) is 10.1. The average molecular weight is 308 g/mol. The lowest BCUT2D eigenvalue weighted by Gasteiger charge is -2.22. The first-order valence-corrected chi connectivity index (χ1v) is 6.76. The second-order valence-electron chi connectivity index (χ2n) is 5.89. The normalized spacial score (nSPS) is 12.4. The van der Waals surface area contributed by atoms with Crippen LogP contribution in [0.2, 0.25) is 0 Å². The number of alkyl carbamates (subject to hydrolysis) is 1. The predicted octanol–water partition coefficient (Wildman–Crippen LogP) is 2.66. The summed E-state index contributed by atoms with van der Waals surface area (Å²) in [6, 6.07) is 2.39. The summed E-state index contributed by atoms with van der Waals surface area (Å²) in [5, 5.41) is 21.1. The van der Waals surface area contributed by atoms with Gasteiger partial charge in [0, 0.05) is 18.5 Å². The molecule has 1 aromatic heterocycles. The van der Waals surface area contributed by atoms with Gasteiger partial charge in [0.05, 0.1) is 16.3 Å². The monoisotopic (exact) mass is 308 g/mol. The molecule has 1 atom stereocenters. The molecule has 0 aliphatic carbocycles. The zero-order valence-electron chi connectivity index (χ0n) is 13.0. The molecule has 1 amide bonds. The number of pyridine rings is 1. The molecule has 1 unspecified atom stereocenters. The number of carbonyl (C=O) groups is 1. The van der Waals surface area contributed by atoms with E-state index in [0.717, 1.165) is 6.20 Å². The lowest BCUT2D eigenvalue weighted by atomic mass is 10.1. The Morgan fingerprint density at radius 1 is 1.50 bits per heavy atom. The van der Waals surface area contributed by atoms with Gasteiger partial charge in [-0.1, -0.05) is 0 Å². The highest BCUT2D eigenvalue weighted by atomic mass is 16.6. The number of hydrogen-bond donors (Lipinski definition) is 2. The molecule has 0 saturated heterocycles. The van der Waals surface area contributed by atoms with Gasteiger partial charge >= 0.3 is 6.09 Å². The summed E-state index contributed by atoms with van der Waals surface area (Å²) in [4.78, 5) is 25.5. The fraction of sp³-hybridized carbons (Fsp3) is 0.500. The molecule has 1 rings (SSSR count). The van der Waals surface area contributed by atoms with Crippen molar-refractivity contribution in [2.75, 3.05) is 0 Å². The van der Waals surface area contributed by atoms with E-state index >= 15 is 0 Å². The highest BCUT2D eigenvalue weighted by Crippen LogP contribution is 2.11. The Balaban J connectivity index is 2.57. The van der Waals surface area contributed by atoms with Crippen molar-refractivity contribution in [1.82, 2.24) is 10.3 Å².